The zero-order valence-electron chi connectivity index (χ0n) is 9.14. The second-order valence-corrected chi connectivity index (χ2v) is 4.21. The zero-order chi connectivity index (χ0) is 11.4. The molecule has 0 rings (SSSR count). The highest BCUT2D eigenvalue weighted by Gasteiger charge is 2.41. The van der Waals surface area contributed by atoms with E-state index in [1.807, 2.05) is 13.8 Å². The molecule has 4 nitrogen and oxygen atoms in total. The zero-order valence-corrected chi connectivity index (χ0v) is 9.14. The van der Waals surface area contributed by atoms with Gasteiger partial charge in [0.2, 0.25) is 0 Å². The van der Waals surface area contributed by atoms with Crippen molar-refractivity contribution >= 4 is 0 Å². The largest absolute Gasteiger partial charge is 0.394 e. The predicted octanol–water partition coefficient (Wildman–Crippen LogP) is -0.112. The maximum atomic E-state index is 10.1. The molecule has 0 aromatic carbocycles. The molecule has 4 heteroatoms. The van der Waals surface area contributed by atoms with Gasteiger partial charge in [-0.1, -0.05) is 20.8 Å². The fourth-order valence-electron chi connectivity index (χ4n) is 1.66. The van der Waals surface area contributed by atoms with Crippen LogP contribution >= 0.6 is 0 Å². The van der Waals surface area contributed by atoms with Gasteiger partial charge in [-0.3, -0.25) is 0 Å². The van der Waals surface area contributed by atoms with Crippen LogP contribution in [0.25, 0.3) is 0 Å². The molecule has 0 saturated carbocycles. The van der Waals surface area contributed by atoms with Gasteiger partial charge >= 0.3 is 0 Å². The van der Waals surface area contributed by atoms with Crippen LogP contribution in [0, 0.1) is 5.92 Å². The summed E-state index contributed by atoms with van der Waals surface area (Å²) in [5, 5.41) is 37.9. The average Bonchev–Trinajstić information content (AvgIpc) is 2.13. The summed E-state index contributed by atoms with van der Waals surface area (Å²) in [6.07, 6.45) is -1.68. The molecule has 0 bridgehead atoms. The van der Waals surface area contributed by atoms with Crippen molar-refractivity contribution in [2.45, 2.75) is 51.4 Å². The monoisotopic (exact) mass is 206 g/mol. The first-order valence-corrected chi connectivity index (χ1v) is 5.07. The number of aliphatic hydroxyl groups excluding tert-OH is 3. The van der Waals surface area contributed by atoms with Crippen LogP contribution < -0.4 is 0 Å². The van der Waals surface area contributed by atoms with Gasteiger partial charge in [0.1, 0.15) is 11.7 Å². The lowest BCUT2D eigenvalue weighted by Gasteiger charge is -2.37. The molecule has 0 spiro atoms. The molecule has 0 aliphatic heterocycles. The van der Waals surface area contributed by atoms with Crippen molar-refractivity contribution in [2.75, 3.05) is 6.61 Å². The van der Waals surface area contributed by atoms with Crippen molar-refractivity contribution in [3.05, 3.63) is 0 Å². The molecule has 86 valence electrons. The van der Waals surface area contributed by atoms with Crippen LogP contribution in [0.5, 0.6) is 0 Å². The molecular formula is C10H22O4. The number of rotatable bonds is 6. The SMILES string of the molecule is CCC(O)C(O)(CC(C)C)C(O)CO. The molecule has 0 amide bonds. The highest BCUT2D eigenvalue weighted by Crippen LogP contribution is 2.26. The lowest BCUT2D eigenvalue weighted by Crippen LogP contribution is -2.54. The second kappa shape index (κ2) is 5.66. The molecule has 14 heavy (non-hydrogen) atoms. The maximum absolute atomic E-state index is 10.1. The Kier molecular flexibility index (Phi) is 5.59. The highest BCUT2D eigenvalue weighted by molar-refractivity contribution is 4.93. The van der Waals surface area contributed by atoms with E-state index in [9.17, 15) is 15.3 Å². The van der Waals surface area contributed by atoms with Crippen LogP contribution in [-0.2, 0) is 0 Å². The summed E-state index contributed by atoms with van der Waals surface area (Å²) in [5.41, 5.74) is -1.60. The van der Waals surface area contributed by atoms with E-state index in [0.29, 0.717) is 6.42 Å². The number of hydrogen-bond acceptors (Lipinski definition) is 4. The fraction of sp³-hybridized carbons (Fsp3) is 1.00. The van der Waals surface area contributed by atoms with E-state index in [2.05, 4.69) is 0 Å². The summed E-state index contributed by atoms with van der Waals surface area (Å²) in [5.74, 6) is 0.141. The van der Waals surface area contributed by atoms with Gasteiger partial charge < -0.3 is 20.4 Å². The molecule has 0 fully saturated rings. The normalized spacial score (nSPS) is 20.6. The minimum atomic E-state index is -1.60. The van der Waals surface area contributed by atoms with Crippen LogP contribution in [-0.4, -0.2) is 44.8 Å². The molecule has 4 N–H and O–H groups in total. The number of hydrogen-bond donors (Lipinski definition) is 4. The van der Waals surface area contributed by atoms with Crippen LogP contribution in [0.15, 0.2) is 0 Å². The standard InChI is InChI=1S/C10H22O4/c1-4-8(12)10(14,5-7(2)3)9(13)6-11/h7-9,11-14H,4-6H2,1-3H3. The Morgan fingerprint density at radius 3 is 1.93 bits per heavy atom. The van der Waals surface area contributed by atoms with Crippen molar-refractivity contribution in [1.29, 1.82) is 0 Å². The van der Waals surface area contributed by atoms with E-state index in [4.69, 9.17) is 5.11 Å². The third-order valence-electron chi connectivity index (χ3n) is 2.45. The molecular weight excluding hydrogens is 184 g/mol. The van der Waals surface area contributed by atoms with E-state index in [1.54, 1.807) is 6.92 Å². The van der Waals surface area contributed by atoms with Gasteiger partial charge in [-0.05, 0) is 18.8 Å². The molecule has 0 aliphatic carbocycles. The van der Waals surface area contributed by atoms with Gasteiger partial charge in [-0.15, -0.1) is 0 Å². The Hall–Kier alpha value is -0.160. The van der Waals surface area contributed by atoms with Gasteiger partial charge in [0.15, 0.2) is 0 Å². The first kappa shape index (κ1) is 13.8. The summed E-state index contributed by atoms with van der Waals surface area (Å²) >= 11 is 0. The number of aliphatic hydroxyl groups is 4. The van der Waals surface area contributed by atoms with Crippen molar-refractivity contribution in [1.82, 2.24) is 0 Å². The van der Waals surface area contributed by atoms with Gasteiger partial charge in [-0.2, -0.15) is 0 Å². The van der Waals surface area contributed by atoms with Crippen molar-refractivity contribution < 1.29 is 20.4 Å². The molecule has 0 aromatic heterocycles. The Labute approximate surface area is 85.2 Å². The third kappa shape index (κ3) is 3.20. The Morgan fingerprint density at radius 1 is 1.14 bits per heavy atom. The first-order chi connectivity index (χ1) is 6.38. The topological polar surface area (TPSA) is 80.9 Å². The lowest BCUT2D eigenvalue weighted by atomic mass is 9.81. The van der Waals surface area contributed by atoms with Gasteiger partial charge in [0, 0.05) is 0 Å². The predicted molar refractivity (Wildman–Crippen MR) is 53.8 cm³/mol. The third-order valence-corrected chi connectivity index (χ3v) is 2.45. The van der Waals surface area contributed by atoms with Crippen molar-refractivity contribution in [3.63, 3.8) is 0 Å². The molecule has 3 atom stereocenters. The summed E-state index contributed by atoms with van der Waals surface area (Å²) < 4.78 is 0. The Bertz CT molecular complexity index is 148. The highest BCUT2D eigenvalue weighted by atomic mass is 16.4. The molecule has 0 saturated heterocycles. The van der Waals surface area contributed by atoms with Crippen molar-refractivity contribution in [3.8, 4) is 0 Å². The van der Waals surface area contributed by atoms with E-state index in [-0.39, 0.29) is 12.3 Å². The van der Waals surface area contributed by atoms with Crippen LogP contribution in [0.2, 0.25) is 0 Å². The molecule has 0 heterocycles. The van der Waals surface area contributed by atoms with Crippen LogP contribution in [0.3, 0.4) is 0 Å². The summed E-state index contributed by atoms with van der Waals surface area (Å²) in [7, 11) is 0. The summed E-state index contributed by atoms with van der Waals surface area (Å²) in [6.45, 7) is 4.95. The van der Waals surface area contributed by atoms with Gasteiger partial charge in [0.05, 0.1) is 12.7 Å². The van der Waals surface area contributed by atoms with Crippen LogP contribution in [0.1, 0.15) is 33.6 Å². The van der Waals surface area contributed by atoms with E-state index in [1.165, 1.54) is 0 Å². The van der Waals surface area contributed by atoms with Crippen LogP contribution in [0.4, 0.5) is 0 Å². The maximum Gasteiger partial charge on any atom is 0.119 e. The molecule has 3 unspecified atom stereocenters. The Balaban J connectivity index is 4.65. The average molecular weight is 206 g/mol. The van der Waals surface area contributed by atoms with Gasteiger partial charge in [0.25, 0.3) is 0 Å². The molecule has 0 aliphatic rings. The minimum absolute atomic E-state index is 0.141. The van der Waals surface area contributed by atoms with E-state index < -0.39 is 24.4 Å². The molecule has 0 aromatic rings. The summed E-state index contributed by atoms with van der Waals surface area (Å²) in [6, 6.07) is 0. The van der Waals surface area contributed by atoms with Gasteiger partial charge in [-0.25, -0.2) is 0 Å². The molecule has 0 radical (unpaired) electrons. The fourth-order valence-corrected chi connectivity index (χ4v) is 1.66. The second-order valence-electron chi connectivity index (χ2n) is 4.21. The smallest absolute Gasteiger partial charge is 0.119 e. The quantitative estimate of drug-likeness (QED) is 0.489. The lowest BCUT2D eigenvalue weighted by molar-refractivity contribution is -0.166. The van der Waals surface area contributed by atoms with Crippen molar-refractivity contribution in [2.24, 2.45) is 5.92 Å². The minimum Gasteiger partial charge on any atom is -0.394 e. The first-order valence-electron chi connectivity index (χ1n) is 5.07. The van der Waals surface area contributed by atoms with E-state index in [0.717, 1.165) is 0 Å². The van der Waals surface area contributed by atoms with E-state index >= 15 is 0 Å². The Morgan fingerprint density at radius 2 is 1.64 bits per heavy atom. The summed E-state index contributed by atoms with van der Waals surface area (Å²) in [4.78, 5) is 0.